The van der Waals surface area contributed by atoms with E-state index in [1.807, 2.05) is 36.4 Å². The minimum absolute atomic E-state index is 0.0442. The molecular formula is C20H12N6O2S. The van der Waals surface area contributed by atoms with E-state index in [1.54, 1.807) is 18.4 Å². The molecule has 3 aromatic heterocycles. The first-order valence-corrected chi connectivity index (χ1v) is 9.30. The number of thiophene rings is 1. The Kier molecular flexibility index (Phi) is 4.43. The minimum atomic E-state index is -0.640. The summed E-state index contributed by atoms with van der Waals surface area (Å²) in [7, 11) is 0. The monoisotopic (exact) mass is 400 g/mol. The molecule has 0 radical (unpaired) electrons. The summed E-state index contributed by atoms with van der Waals surface area (Å²) in [6, 6.07) is 12.7. The molecule has 0 aliphatic heterocycles. The fourth-order valence-corrected chi connectivity index (χ4v) is 3.77. The second-order valence-corrected chi connectivity index (χ2v) is 7.01. The number of imidazole rings is 1. The molecule has 4 rings (SSSR count). The van der Waals surface area contributed by atoms with Crippen LogP contribution in [-0.4, -0.2) is 20.5 Å². The van der Waals surface area contributed by atoms with Crippen molar-refractivity contribution in [3.8, 4) is 17.3 Å². The van der Waals surface area contributed by atoms with Crippen molar-refractivity contribution in [1.29, 1.82) is 5.26 Å². The van der Waals surface area contributed by atoms with Gasteiger partial charge in [0, 0.05) is 5.69 Å². The highest BCUT2D eigenvalue weighted by molar-refractivity contribution is 7.14. The molecule has 0 fully saturated rings. The summed E-state index contributed by atoms with van der Waals surface area (Å²) in [5.41, 5.74) is 1.06. The van der Waals surface area contributed by atoms with Crippen molar-refractivity contribution < 1.29 is 4.79 Å². The van der Waals surface area contributed by atoms with Crippen LogP contribution in [0.1, 0.15) is 21.6 Å². The normalized spacial score (nSPS) is 10.4. The van der Waals surface area contributed by atoms with Crippen molar-refractivity contribution in [1.82, 2.24) is 14.6 Å². The van der Waals surface area contributed by atoms with E-state index in [2.05, 4.69) is 20.2 Å². The minimum Gasteiger partial charge on any atom is -0.359 e. The number of nitriles is 1. The van der Waals surface area contributed by atoms with Crippen molar-refractivity contribution in [2.75, 3.05) is 5.32 Å². The number of nitrogens with one attached hydrogen (secondary N) is 2. The van der Waals surface area contributed by atoms with Gasteiger partial charge in [-0.2, -0.15) is 5.26 Å². The molecule has 0 atom stereocenters. The maximum atomic E-state index is 13.1. The predicted molar refractivity (Wildman–Crippen MR) is 109 cm³/mol. The lowest BCUT2D eigenvalue weighted by Crippen LogP contribution is -2.26. The van der Waals surface area contributed by atoms with Crippen molar-refractivity contribution >= 4 is 33.7 Å². The molecule has 3 heterocycles. The Bertz CT molecular complexity index is 1400. The third-order valence-corrected chi connectivity index (χ3v) is 5.17. The first-order valence-electron chi connectivity index (χ1n) is 8.42. The van der Waals surface area contributed by atoms with Crippen LogP contribution in [0.2, 0.25) is 0 Å². The van der Waals surface area contributed by atoms with Crippen molar-refractivity contribution in [3.05, 3.63) is 80.2 Å². The fourth-order valence-electron chi connectivity index (χ4n) is 3.04. The number of fused-ring (bicyclic) bond motifs is 1. The highest BCUT2D eigenvalue weighted by atomic mass is 32.1. The molecule has 0 spiro atoms. The van der Waals surface area contributed by atoms with Gasteiger partial charge in [0.25, 0.3) is 22.8 Å². The van der Waals surface area contributed by atoms with Crippen LogP contribution >= 0.6 is 11.3 Å². The summed E-state index contributed by atoms with van der Waals surface area (Å²) in [5.74, 6) is -0.578. The van der Waals surface area contributed by atoms with E-state index in [9.17, 15) is 9.59 Å². The van der Waals surface area contributed by atoms with E-state index in [-0.39, 0.29) is 17.0 Å². The van der Waals surface area contributed by atoms with Crippen LogP contribution in [0, 0.1) is 24.8 Å². The van der Waals surface area contributed by atoms with Crippen LogP contribution in [0.3, 0.4) is 0 Å². The van der Waals surface area contributed by atoms with E-state index in [0.29, 0.717) is 22.0 Å². The van der Waals surface area contributed by atoms with Gasteiger partial charge in [-0.1, -0.05) is 41.9 Å². The Morgan fingerprint density at radius 1 is 1.34 bits per heavy atom. The van der Waals surface area contributed by atoms with Gasteiger partial charge in [0.05, 0.1) is 5.56 Å². The first kappa shape index (κ1) is 18.2. The third kappa shape index (κ3) is 2.96. The van der Waals surface area contributed by atoms with E-state index in [0.717, 1.165) is 5.56 Å². The summed E-state index contributed by atoms with van der Waals surface area (Å²) < 4.78 is 1.43. The van der Waals surface area contributed by atoms with E-state index >= 15 is 0 Å². The predicted octanol–water partition coefficient (Wildman–Crippen LogP) is 3.73. The lowest BCUT2D eigenvalue weighted by Gasteiger charge is -2.08. The van der Waals surface area contributed by atoms with Gasteiger partial charge in [0.15, 0.2) is 0 Å². The average Bonchev–Trinajstić information content (AvgIpc) is 3.32. The average molecular weight is 400 g/mol. The van der Waals surface area contributed by atoms with Gasteiger partial charge in [0.1, 0.15) is 22.3 Å². The molecule has 140 valence electrons. The molecule has 8 nitrogen and oxygen atoms in total. The molecule has 0 aliphatic carbocycles. The number of carbonyl (C=O) groups is 1. The Morgan fingerprint density at radius 3 is 2.79 bits per heavy atom. The summed E-state index contributed by atoms with van der Waals surface area (Å²) >= 11 is 1.19. The first-order chi connectivity index (χ1) is 14.0. The number of rotatable bonds is 3. The standard InChI is InChI=1S/C20H12N6O2S/c1-11-14(19(28)24-20-13(10-21)8-9-29-20)16(27)18-23-17(22-2)15(26(18)25-11)12-6-4-3-5-7-12/h3-9,25H,1H3,(H,24,28). The Balaban J connectivity index is 1.89. The van der Waals surface area contributed by atoms with Crippen LogP contribution < -0.4 is 10.7 Å². The number of carbonyl (C=O) groups excluding carboxylic acids is 1. The summed E-state index contributed by atoms with van der Waals surface area (Å²) in [6.45, 7) is 9.03. The lowest BCUT2D eigenvalue weighted by atomic mass is 10.1. The second kappa shape index (κ2) is 7.08. The second-order valence-electron chi connectivity index (χ2n) is 6.09. The molecule has 0 bridgehead atoms. The molecular weight excluding hydrogens is 388 g/mol. The topological polar surface area (TPSA) is 107 Å². The van der Waals surface area contributed by atoms with Crippen LogP contribution in [0.4, 0.5) is 10.8 Å². The van der Waals surface area contributed by atoms with Gasteiger partial charge in [-0.15, -0.1) is 11.3 Å². The number of anilines is 1. The summed E-state index contributed by atoms with van der Waals surface area (Å²) in [5, 5.41) is 16.8. The van der Waals surface area contributed by atoms with Gasteiger partial charge in [-0.05, 0) is 23.9 Å². The van der Waals surface area contributed by atoms with Crippen LogP contribution in [0.25, 0.3) is 21.7 Å². The molecule has 4 aromatic rings. The quantitative estimate of drug-likeness (QED) is 0.511. The van der Waals surface area contributed by atoms with Gasteiger partial charge in [-0.3, -0.25) is 14.7 Å². The largest absolute Gasteiger partial charge is 0.359 e. The number of hydrogen-bond acceptors (Lipinski definition) is 5. The Morgan fingerprint density at radius 2 is 2.10 bits per heavy atom. The SMILES string of the molecule is [C-]#[N+]c1nc2c(=O)c(C(=O)Nc3sccc3C#N)c(C)[nH]n2c1-c1ccccc1. The Labute approximate surface area is 168 Å². The number of aromatic amines is 1. The highest BCUT2D eigenvalue weighted by Gasteiger charge is 2.25. The van der Waals surface area contributed by atoms with Crippen LogP contribution in [0.15, 0.2) is 46.6 Å². The summed E-state index contributed by atoms with van der Waals surface area (Å²) in [4.78, 5) is 33.4. The molecule has 29 heavy (non-hydrogen) atoms. The molecule has 1 amide bonds. The number of hydrogen-bond donors (Lipinski definition) is 2. The number of aryl methyl sites for hydroxylation is 1. The van der Waals surface area contributed by atoms with E-state index in [4.69, 9.17) is 11.8 Å². The zero-order valence-corrected chi connectivity index (χ0v) is 15.9. The fraction of sp³-hybridized carbons (Fsp3) is 0.0500. The molecule has 9 heteroatoms. The summed E-state index contributed by atoms with van der Waals surface area (Å²) in [6.07, 6.45) is 0. The smallest absolute Gasteiger partial charge is 0.298 e. The molecule has 0 saturated heterocycles. The molecule has 0 unspecified atom stereocenters. The van der Waals surface area contributed by atoms with Crippen LogP contribution in [-0.2, 0) is 0 Å². The van der Waals surface area contributed by atoms with Crippen molar-refractivity contribution in [2.45, 2.75) is 6.92 Å². The number of aromatic nitrogens is 3. The van der Waals surface area contributed by atoms with Gasteiger partial charge < -0.3 is 10.2 Å². The highest BCUT2D eigenvalue weighted by Crippen LogP contribution is 2.30. The molecule has 0 aliphatic rings. The number of amides is 1. The molecule has 0 saturated carbocycles. The maximum absolute atomic E-state index is 13.1. The molecule has 1 aromatic carbocycles. The van der Waals surface area contributed by atoms with Crippen molar-refractivity contribution in [2.24, 2.45) is 0 Å². The number of benzene rings is 1. The maximum Gasteiger partial charge on any atom is 0.298 e. The van der Waals surface area contributed by atoms with Gasteiger partial charge >= 0.3 is 0 Å². The van der Waals surface area contributed by atoms with E-state index in [1.165, 1.54) is 15.9 Å². The van der Waals surface area contributed by atoms with Gasteiger partial charge in [-0.25, -0.2) is 4.52 Å². The van der Waals surface area contributed by atoms with Gasteiger partial charge in [0.2, 0.25) is 0 Å². The van der Waals surface area contributed by atoms with E-state index < -0.39 is 11.3 Å². The number of nitrogens with zero attached hydrogens (tertiary/aromatic N) is 4. The van der Waals surface area contributed by atoms with Crippen LogP contribution in [0.5, 0.6) is 0 Å². The molecule has 2 N–H and O–H groups in total. The lowest BCUT2D eigenvalue weighted by molar-refractivity contribution is 0.102. The third-order valence-electron chi connectivity index (χ3n) is 4.34. The number of H-pyrrole nitrogens is 1. The zero-order valence-electron chi connectivity index (χ0n) is 15.1. The zero-order chi connectivity index (χ0) is 20.5. The van der Waals surface area contributed by atoms with Crippen molar-refractivity contribution in [3.63, 3.8) is 0 Å². The Hall–Kier alpha value is -4.21.